The number of nitrogens with zero attached hydrogens (tertiary/aromatic N) is 3. The number of para-hydroxylation sites is 1. The van der Waals surface area contributed by atoms with E-state index in [2.05, 4.69) is 21.7 Å². The van der Waals surface area contributed by atoms with Crippen molar-refractivity contribution in [2.75, 3.05) is 13.2 Å². The molecule has 1 atom stereocenters. The molecule has 0 spiro atoms. The summed E-state index contributed by atoms with van der Waals surface area (Å²) in [6.45, 7) is 1.99. The Morgan fingerprint density at radius 3 is 3.15 bits per heavy atom. The Morgan fingerprint density at radius 1 is 1.40 bits per heavy atom. The number of nitrogens with one attached hydrogen (secondary N) is 1. The molecule has 3 rings (SSSR count). The molecular weight excluding hydrogens is 256 g/mol. The highest BCUT2D eigenvalue weighted by molar-refractivity contribution is 5.37. The maximum absolute atomic E-state index is 8.81. The van der Waals surface area contributed by atoms with Crippen molar-refractivity contribution in [3.63, 3.8) is 0 Å². The number of benzene rings is 1. The van der Waals surface area contributed by atoms with Crippen molar-refractivity contribution in [2.45, 2.75) is 25.6 Å². The summed E-state index contributed by atoms with van der Waals surface area (Å²) in [5.41, 5.74) is 2.14. The highest BCUT2D eigenvalue weighted by atomic mass is 16.5. The zero-order chi connectivity index (χ0) is 13.8. The number of aliphatic hydroxyl groups excluding tert-OH is 1. The van der Waals surface area contributed by atoms with Crippen molar-refractivity contribution in [1.82, 2.24) is 20.3 Å². The summed E-state index contributed by atoms with van der Waals surface area (Å²) in [6, 6.07) is 8.15. The van der Waals surface area contributed by atoms with Crippen LogP contribution >= 0.6 is 0 Å². The van der Waals surface area contributed by atoms with Crippen LogP contribution in [0.25, 0.3) is 0 Å². The Balaban J connectivity index is 1.44. The maximum atomic E-state index is 8.81. The molecule has 0 saturated carbocycles. The number of aromatic nitrogens is 3. The van der Waals surface area contributed by atoms with E-state index in [-0.39, 0.29) is 12.7 Å². The molecule has 0 aliphatic carbocycles. The fourth-order valence-electron chi connectivity index (χ4n) is 2.36. The van der Waals surface area contributed by atoms with Crippen molar-refractivity contribution in [3.05, 3.63) is 41.7 Å². The summed E-state index contributed by atoms with van der Waals surface area (Å²) in [5.74, 6) is 0.994. The van der Waals surface area contributed by atoms with Gasteiger partial charge in [-0.05, 0) is 11.6 Å². The number of ether oxygens (including phenoxy) is 1. The summed E-state index contributed by atoms with van der Waals surface area (Å²) in [7, 11) is 0. The van der Waals surface area contributed by atoms with Gasteiger partial charge in [0.1, 0.15) is 11.9 Å². The van der Waals surface area contributed by atoms with Gasteiger partial charge in [-0.3, -0.25) is 0 Å². The third-order valence-corrected chi connectivity index (χ3v) is 3.31. The Bertz CT molecular complexity index is 545. The van der Waals surface area contributed by atoms with Gasteiger partial charge in [-0.1, -0.05) is 23.4 Å². The molecule has 6 nitrogen and oxygen atoms in total. The minimum Gasteiger partial charge on any atom is -0.488 e. The van der Waals surface area contributed by atoms with E-state index >= 15 is 0 Å². The summed E-state index contributed by atoms with van der Waals surface area (Å²) in [6.07, 6.45) is 2.97. The molecule has 1 aromatic heterocycles. The Kier molecular flexibility index (Phi) is 3.94. The highest BCUT2D eigenvalue weighted by Crippen LogP contribution is 2.27. The van der Waals surface area contributed by atoms with Crippen LogP contribution in [0.4, 0.5) is 0 Å². The summed E-state index contributed by atoms with van der Waals surface area (Å²) >= 11 is 0. The van der Waals surface area contributed by atoms with Crippen LogP contribution in [0, 0.1) is 0 Å². The fourth-order valence-corrected chi connectivity index (χ4v) is 2.36. The van der Waals surface area contributed by atoms with E-state index < -0.39 is 0 Å². The van der Waals surface area contributed by atoms with Gasteiger partial charge >= 0.3 is 0 Å². The van der Waals surface area contributed by atoms with E-state index in [1.54, 1.807) is 4.68 Å². The minimum absolute atomic E-state index is 0.0738. The highest BCUT2D eigenvalue weighted by Gasteiger charge is 2.21. The Morgan fingerprint density at radius 2 is 2.30 bits per heavy atom. The van der Waals surface area contributed by atoms with Crippen molar-refractivity contribution in [3.8, 4) is 5.75 Å². The lowest BCUT2D eigenvalue weighted by Crippen LogP contribution is -2.29. The summed E-state index contributed by atoms with van der Waals surface area (Å²) < 4.78 is 7.49. The van der Waals surface area contributed by atoms with Crippen LogP contribution in [-0.4, -0.2) is 39.4 Å². The molecular formula is C14H18N4O2. The quantitative estimate of drug-likeness (QED) is 0.796. The number of rotatable bonds is 6. The zero-order valence-corrected chi connectivity index (χ0v) is 11.2. The molecule has 20 heavy (non-hydrogen) atoms. The number of aliphatic hydroxyl groups is 1. The van der Waals surface area contributed by atoms with Gasteiger partial charge in [-0.15, -0.1) is 5.10 Å². The van der Waals surface area contributed by atoms with Gasteiger partial charge in [0, 0.05) is 25.7 Å². The van der Waals surface area contributed by atoms with Gasteiger partial charge in [0.2, 0.25) is 0 Å². The average molecular weight is 274 g/mol. The van der Waals surface area contributed by atoms with Crippen LogP contribution in [0.2, 0.25) is 0 Å². The molecule has 2 heterocycles. The van der Waals surface area contributed by atoms with Crippen LogP contribution in [0.15, 0.2) is 30.5 Å². The molecule has 0 radical (unpaired) electrons. The van der Waals surface area contributed by atoms with Gasteiger partial charge < -0.3 is 15.2 Å². The first-order valence-corrected chi connectivity index (χ1v) is 6.80. The predicted molar refractivity (Wildman–Crippen MR) is 73.4 cm³/mol. The Labute approximate surface area is 117 Å². The average Bonchev–Trinajstić information content (AvgIpc) is 3.05. The van der Waals surface area contributed by atoms with Gasteiger partial charge in [-0.2, -0.15) is 0 Å². The molecule has 106 valence electrons. The fraction of sp³-hybridized carbons (Fsp3) is 0.429. The molecule has 6 heteroatoms. The van der Waals surface area contributed by atoms with E-state index in [9.17, 15) is 0 Å². The monoisotopic (exact) mass is 274 g/mol. The van der Waals surface area contributed by atoms with Crippen LogP contribution in [0.3, 0.4) is 0 Å². The third kappa shape index (κ3) is 2.97. The molecule has 2 N–H and O–H groups in total. The molecule has 1 aromatic carbocycles. The molecule has 0 saturated heterocycles. The van der Waals surface area contributed by atoms with Gasteiger partial charge in [0.25, 0.3) is 0 Å². The summed E-state index contributed by atoms with van der Waals surface area (Å²) in [5, 5.41) is 20.1. The van der Waals surface area contributed by atoms with Gasteiger partial charge in [0.05, 0.1) is 18.8 Å². The minimum atomic E-state index is 0.0738. The standard InChI is InChI=1S/C14H18N4O2/c19-6-5-18-10-12(16-17-18)8-15-9-13-7-11-3-1-2-4-14(11)20-13/h1-4,10,13,15,19H,5-9H2. The van der Waals surface area contributed by atoms with E-state index in [0.717, 1.165) is 24.4 Å². The molecule has 1 unspecified atom stereocenters. The third-order valence-electron chi connectivity index (χ3n) is 3.31. The second kappa shape index (κ2) is 6.02. The second-order valence-electron chi connectivity index (χ2n) is 4.88. The van der Waals surface area contributed by atoms with E-state index in [0.29, 0.717) is 13.1 Å². The number of hydrogen-bond acceptors (Lipinski definition) is 5. The topological polar surface area (TPSA) is 72.2 Å². The Hall–Kier alpha value is -1.92. The smallest absolute Gasteiger partial charge is 0.123 e. The van der Waals surface area contributed by atoms with Crippen LogP contribution in [0.5, 0.6) is 5.75 Å². The second-order valence-corrected chi connectivity index (χ2v) is 4.88. The first-order valence-electron chi connectivity index (χ1n) is 6.80. The molecule has 0 bridgehead atoms. The van der Waals surface area contributed by atoms with Gasteiger partial charge in [0.15, 0.2) is 0 Å². The lowest BCUT2D eigenvalue weighted by Gasteiger charge is -2.10. The van der Waals surface area contributed by atoms with E-state index in [4.69, 9.17) is 9.84 Å². The molecule has 0 fully saturated rings. The van der Waals surface area contributed by atoms with Gasteiger partial charge in [-0.25, -0.2) is 4.68 Å². The lowest BCUT2D eigenvalue weighted by atomic mass is 10.1. The lowest BCUT2D eigenvalue weighted by molar-refractivity contribution is 0.227. The SMILES string of the molecule is OCCn1cc(CNCC2Cc3ccccc3O2)nn1. The van der Waals surface area contributed by atoms with E-state index in [1.165, 1.54) is 5.56 Å². The van der Waals surface area contributed by atoms with Crippen molar-refractivity contribution < 1.29 is 9.84 Å². The zero-order valence-electron chi connectivity index (χ0n) is 11.2. The van der Waals surface area contributed by atoms with Crippen molar-refractivity contribution >= 4 is 0 Å². The van der Waals surface area contributed by atoms with E-state index in [1.807, 2.05) is 24.4 Å². The maximum Gasteiger partial charge on any atom is 0.123 e. The summed E-state index contributed by atoms with van der Waals surface area (Å²) in [4.78, 5) is 0. The first kappa shape index (κ1) is 13.1. The number of hydrogen-bond donors (Lipinski definition) is 2. The molecule has 1 aliphatic rings. The van der Waals surface area contributed by atoms with Crippen molar-refractivity contribution in [1.29, 1.82) is 0 Å². The molecule has 1 aliphatic heterocycles. The largest absolute Gasteiger partial charge is 0.488 e. The normalized spacial score (nSPS) is 16.9. The van der Waals surface area contributed by atoms with Crippen molar-refractivity contribution in [2.24, 2.45) is 0 Å². The predicted octanol–water partition coefficient (Wildman–Crippen LogP) is 0.364. The van der Waals surface area contributed by atoms with Crippen LogP contribution < -0.4 is 10.1 Å². The molecule has 2 aromatic rings. The number of fused-ring (bicyclic) bond motifs is 1. The van der Waals surface area contributed by atoms with Crippen LogP contribution in [0.1, 0.15) is 11.3 Å². The first-order chi connectivity index (χ1) is 9.85. The van der Waals surface area contributed by atoms with Crippen LogP contribution in [-0.2, 0) is 19.5 Å². The molecule has 0 amide bonds.